The van der Waals surface area contributed by atoms with Gasteiger partial charge in [0.25, 0.3) is 5.91 Å². The summed E-state index contributed by atoms with van der Waals surface area (Å²) in [4.78, 5) is 26.2. The first-order chi connectivity index (χ1) is 13.5. The minimum absolute atomic E-state index is 0.0848. The number of hydrogen-bond donors (Lipinski definition) is 0. The topological polar surface area (TPSA) is 65.1 Å². The molecule has 1 aliphatic heterocycles. The van der Waals surface area contributed by atoms with Crippen molar-refractivity contribution in [2.75, 3.05) is 20.3 Å². The molecule has 0 spiro atoms. The van der Waals surface area contributed by atoms with Crippen LogP contribution in [0.1, 0.15) is 12.0 Å². The Morgan fingerprint density at radius 1 is 1.11 bits per heavy atom. The van der Waals surface area contributed by atoms with Crippen LogP contribution in [0.2, 0.25) is 0 Å². The van der Waals surface area contributed by atoms with E-state index in [2.05, 4.69) is 0 Å². The predicted molar refractivity (Wildman–Crippen MR) is 99.6 cm³/mol. The molecule has 3 rings (SSSR count). The van der Waals surface area contributed by atoms with Gasteiger partial charge in [-0.3, -0.25) is 4.79 Å². The summed E-state index contributed by atoms with van der Waals surface area (Å²) < 4.78 is 29.9. The van der Waals surface area contributed by atoms with Crippen LogP contribution in [0.15, 0.2) is 48.5 Å². The van der Waals surface area contributed by atoms with Crippen LogP contribution in [0.25, 0.3) is 0 Å². The van der Waals surface area contributed by atoms with Gasteiger partial charge in [0.1, 0.15) is 17.9 Å². The first kappa shape index (κ1) is 19.7. The number of carbonyl (C=O) groups is 2. The maximum Gasteiger partial charge on any atom is 0.328 e. The highest BCUT2D eigenvalue weighted by Crippen LogP contribution is 2.26. The van der Waals surface area contributed by atoms with Gasteiger partial charge in [0.05, 0.1) is 13.7 Å². The van der Waals surface area contributed by atoms with Crippen LogP contribution in [0.4, 0.5) is 4.39 Å². The molecule has 0 bridgehead atoms. The number of rotatable bonds is 6. The van der Waals surface area contributed by atoms with Crippen LogP contribution in [0.3, 0.4) is 0 Å². The van der Waals surface area contributed by atoms with Crippen LogP contribution in [-0.4, -0.2) is 49.2 Å². The van der Waals surface area contributed by atoms with Crippen LogP contribution in [0, 0.1) is 12.7 Å². The summed E-state index contributed by atoms with van der Waals surface area (Å²) in [7, 11) is 1.26. The van der Waals surface area contributed by atoms with Crippen LogP contribution in [-0.2, 0) is 14.3 Å². The average Bonchev–Trinajstić information content (AvgIpc) is 3.12. The number of benzene rings is 2. The molecule has 0 aromatic heterocycles. The van der Waals surface area contributed by atoms with Crippen LogP contribution < -0.4 is 9.47 Å². The van der Waals surface area contributed by atoms with Gasteiger partial charge in [-0.05, 0) is 30.7 Å². The third kappa shape index (κ3) is 4.42. The van der Waals surface area contributed by atoms with E-state index in [0.717, 1.165) is 5.56 Å². The summed E-state index contributed by atoms with van der Waals surface area (Å²) in [6.07, 6.45) is -0.305. The molecule has 7 heteroatoms. The van der Waals surface area contributed by atoms with Gasteiger partial charge in [0, 0.05) is 6.42 Å². The number of ether oxygens (including phenoxy) is 3. The highest BCUT2D eigenvalue weighted by atomic mass is 19.1. The number of para-hydroxylation sites is 2. The smallest absolute Gasteiger partial charge is 0.328 e. The second kappa shape index (κ2) is 8.73. The molecule has 0 radical (unpaired) electrons. The number of esters is 1. The van der Waals surface area contributed by atoms with Gasteiger partial charge in [-0.15, -0.1) is 0 Å². The SMILES string of the molecule is COC(=O)C1CC(Oc2ccccc2F)CN1C(=O)COc1ccccc1C. The number of hydrogen-bond acceptors (Lipinski definition) is 5. The van der Waals surface area contributed by atoms with Crippen molar-refractivity contribution in [2.45, 2.75) is 25.5 Å². The molecule has 1 aliphatic rings. The van der Waals surface area contributed by atoms with Gasteiger partial charge in [0.15, 0.2) is 18.2 Å². The maximum atomic E-state index is 13.8. The molecule has 2 aromatic carbocycles. The Hall–Kier alpha value is -3.09. The molecule has 2 unspecified atom stereocenters. The third-order valence-corrected chi connectivity index (χ3v) is 4.63. The third-order valence-electron chi connectivity index (χ3n) is 4.63. The Kier molecular flexibility index (Phi) is 6.13. The average molecular weight is 387 g/mol. The summed E-state index contributed by atoms with van der Waals surface area (Å²) in [5, 5.41) is 0. The molecule has 0 saturated carbocycles. The summed E-state index contributed by atoms with van der Waals surface area (Å²) in [5.74, 6) is -0.711. The zero-order valence-electron chi connectivity index (χ0n) is 15.8. The largest absolute Gasteiger partial charge is 0.485 e. The number of amides is 1. The van der Waals surface area contributed by atoms with Crippen molar-refractivity contribution in [3.8, 4) is 11.5 Å². The normalized spacial score (nSPS) is 18.6. The van der Waals surface area contributed by atoms with Gasteiger partial charge in [0.2, 0.25) is 0 Å². The van der Waals surface area contributed by atoms with Gasteiger partial charge in [-0.1, -0.05) is 30.3 Å². The zero-order chi connectivity index (χ0) is 20.1. The Bertz CT molecular complexity index is 856. The molecule has 28 heavy (non-hydrogen) atoms. The van der Waals surface area contributed by atoms with E-state index in [-0.39, 0.29) is 31.2 Å². The van der Waals surface area contributed by atoms with E-state index >= 15 is 0 Å². The van der Waals surface area contributed by atoms with E-state index < -0.39 is 23.9 Å². The van der Waals surface area contributed by atoms with Gasteiger partial charge >= 0.3 is 5.97 Å². The van der Waals surface area contributed by atoms with Gasteiger partial charge < -0.3 is 19.1 Å². The van der Waals surface area contributed by atoms with Crippen LogP contribution in [0.5, 0.6) is 11.5 Å². The molecule has 1 fully saturated rings. The van der Waals surface area contributed by atoms with Crippen molar-refractivity contribution >= 4 is 11.9 Å². The number of likely N-dealkylation sites (tertiary alicyclic amines) is 1. The van der Waals surface area contributed by atoms with Crippen molar-refractivity contribution in [1.82, 2.24) is 4.90 Å². The second-order valence-electron chi connectivity index (χ2n) is 6.55. The Labute approximate surface area is 162 Å². The van der Waals surface area contributed by atoms with E-state index in [1.54, 1.807) is 18.2 Å². The van der Waals surface area contributed by atoms with Crippen molar-refractivity contribution in [2.24, 2.45) is 0 Å². The fourth-order valence-corrected chi connectivity index (χ4v) is 3.18. The molecule has 0 aliphatic carbocycles. The van der Waals surface area contributed by atoms with E-state index in [9.17, 15) is 14.0 Å². The van der Waals surface area contributed by atoms with Crippen molar-refractivity contribution < 1.29 is 28.2 Å². The monoisotopic (exact) mass is 387 g/mol. The fourth-order valence-electron chi connectivity index (χ4n) is 3.18. The minimum atomic E-state index is -0.797. The molecular formula is C21H22FNO5. The highest BCUT2D eigenvalue weighted by molar-refractivity contribution is 5.86. The fraction of sp³-hybridized carbons (Fsp3) is 0.333. The number of nitrogens with zero attached hydrogens (tertiary/aromatic N) is 1. The molecular weight excluding hydrogens is 365 g/mol. The number of carbonyl (C=O) groups excluding carboxylic acids is 2. The summed E-state index contributed by atoms with van der Waals surface area (Å²) in [6.45, 7) is 1.81. The lowest BCUT2D eigenvalue weighted by Gasteiger charge is -2.22. The summed E-state index contributed by atoms with van der Waals surface area (Å²) in [6, 6.07) is 12.6. The van der Waals surface area contributed by atoms with E-state index in [1.165, 1.54) is 24.1 Å². The molecule has 1 heterocycles. The first-order valence-corrected chi connectivity index (χ1v) is 8.96. The summed E-state index contributed by atoms with van der Waals surface area (Å²) in [5.41, 5.74) is 0.905. The Balaban J connectivity index is 1.68. The molecule has 0 N–H and O–H groups in total. The number of halogens is 1. The molecule has 6 nitrogen and oxygen atoms in total. The van der Waals surface area contributed by atoms with E-state index in [0.29, 0.717) is 5.75 Å². The molecule has 1 amide bonds. The molecule has 2 aromatic rings. The Morgan fingerprint density at radius 3 is 2.46 bits per heavy atom. The molecule has 148 valence electrons. The van der Waals surface area contributed by atoms with Crippen molar-refractivity contribution in [3.05, 3.63) is 59.9 Å². The summed E-state index contributed by atoms with van der Waals surface area (Å²) >= 11 is 0. The molecule has 2 atom stereocenters. The quantitative estimate of drug-likeness (QED) is 0.713. The molecule has 1 saturated heterocycles. The van der Waals surface area contributed by atoms with Gasteiger partial charge in [-0.2, -0.15) is 0 Å². The maximum absolute atomic E-state index is 13.8. The standard InChI is InChI=1S/C21H22FNO5/c1-14-7-3-5-9-18(14)27-13-20(24)23-12-15(11-17(23)21(25)26-2)28-19-10-6-4-8-16(19)22/h3-10,15,17H,11-13H2,1-2H3. The minimum Gasteiger partial charge on any atom is -0.485 e. The lowest BCUT2D eigenvalue weighted by molar-refractivity contribution is -0.151. The lowest BCUT2D eigenvalue weighted by Crippen LogP contribution is -2.43. The van der Waals surface area contributed by atoms with Gasteiger partial charge in [-0.25, -0.2) is 9.18 Å². The first-order valence-electron chi connectivity index (χ1n) is 8.96. The highest BCUT2D eigenvalue weighted by Gasteiger charge is 2.41. The van der Waals surface area contributed by atoms with E-state index in [1.807, 2.05) is 25.1 Å². The zero-order valence-corrected chi connectivity index (χ0v) is 15.8. The number of methoxy groups -OCH3 is 1. The number of aryl methyl sites for hydroxylation is 1. The Morgan fingerprint density at radius 2 is 1.79 bits per heavy atom. The van der Waals surface area contributed by atoms with Crippen molar-refractivity contribution in [3.63, 3.8) is 0 Å². The lowest BCUT2D eigenvalue weighted by atomic mass is 10.2. The predicted octanol–water partition coefficient (Wildman–Crippen LogP) is 2.73. The van der Waals surface area contributed by atoms with Crippen LogP contribution >= 0.6 is 0 Å². The second-order valence-corrected chi connectivity index (χ2v) is 6.55. The van der Waals surface area contributed by atoms with Crippen molar-refractivity contribution in [1.29, 1.82) is 0 Å². The van der Waals surface area contributed by atoms with E-state index in [4.69, 9.17) is 14.2 Å².